The van der Waals surface area contributed by atoms with Crippen LogP contribution in [0.4, 0.5) is 0 Å². The SMILES string of the molecule is C1CC1.CCCC12CC1CCC2C1=CCC2CC(O)CCC2(C)C1. The van der Waals surface area contributed by atoms with Gasteiger partial charge in [0, 0.05) is 0 Å². The highest BCUT2D eigenvalue weighted by atomic mass is 16.3. The maximum Gasteiger partial charge on any atom is 0.0543 e. The molecule has 0 radical (unpaired) electrons. The van der Waals surface area contributed by atoms with Crippen LogP contribution < -0.4 is 0 Å². The Balaban J connectivity index is 0.000000440. The average molecular weight is 331 g/mol. The van der Waals surface area contributed by atoms with Gasteiger partial charge in [0.2, 0.25) is 0 Å². The fourth-order valence-corrected chi connectivity index (χ4v) is 6.51. The van der Waals surface area contributed by atoms with Crippen molar-refractivity contribution in [1.82, 2.24) is 0 Å². The largest absolute Gasteiger partial charge is 0.393 e. The van der Waals surface area contributed by atoms with Crippen LogP contribution in [0.1, 0.15) is 97.3 Å². The van der Waals surface area contributed by atoms with Crippen molar-refractivity contribution in [2.24, 2.45) is 28.6 Å². The van der Waals surface area contributed by atoms with Gasteiger partial charge in [-0.25, -0.2) is 0 Å². The van der Waals surface area contributed by atoms with Gasteiger partial charge in [-0.1, -0.05) is 51.2 Å². The number of hydrogen-bond donors (Lipinski definition) is 1. The third kappa shape index (κ3) is 3.11. The van der Waals surface area contributed by atoms with Crippen molar-refractivity contribution in [2.45, 2.75) is 103 Å². The molecule has 5 rings (SSSR count). The smallest absolute Gasteiger partial charge is 0.0543 e. The van der Waals surface area contributed by atoms with Crippen LogP contribution in [0.3, 0.4) is 0 Å². The first-order valence-corrected chi connectivity index (χ1v) is 10.9. The highest BCUT2D eigenvalue weighted by Crippen LogP contribution is 2.71. The predicted octanol–water partition coefficient (Wildman–Crippen LogP) is 6.26. The number of hydrogen-bond acceptors (Lipinski definition) is 1. The molecule has 0 amide bonds. The summed E-state index contributed by atoms with van der Waals surface area (Å²) in [6.45, 7) is 4.89. The van der Waals surface area contributed by atoms with Crippen molar-refractivity contribution in [3.63, 3.8) is 0 Å². The number of allylic oxidation sites excluding steroid dienone is 2. The first kappa shape index (κ1) is 17.1. The first-order valence-electron chi connectivity index (χ1n) is 10.9. The Hall–Kier alpha value is -0.300. The van der Waals surface area contributed by atoms with E-state index in [4.69, 9.17) is 0 Å². The molecular weight excluding hydrogens is 292 g/mol. The van der Waals surface area contributed by atoms with E-state index in [1.165, 1.54) is 70.6 Å². The lowest BCUT2D eigenvalue weighted by atomic mass is 9.58. The molecule has 5 aliphatic carbocycles. The molecule has 1 heteroatoms. The standard InChI is InChI=1S/C20H32O.C3H6/c1-3-9-20-13-16(20)6-7-18(20)14-4-5-15-11-17(21)8-10-19(15,2)12-14;1-2-3-1/h4,15-18,21H,3,5-13H2,1-2H3;1-3H2. The summed E-state index contributed by atoms with van der Waals surface area (Å²) in [5.41, 5.74) is 3.06. The van der Waals surface area contributed by atoms with Gasteiger partial charge in [0.1, 0.15) is 0 Å². The minimum atomic E-state index is -0.0243. The highest BCUT2D eigenvalue weighted by Gasteiger charge is 2.62. The molecule has 1 nitrogen and oxygen atoms in total. The summed E-state index contributed by atoms with van der Waals surface area (Å²) in [7, 11) is 0. The first-order chi connectivity index (χ1) is 11.6. The molecule has 0 bridgehead atoms. The molecule has 5 aliphatic rings. The molecule has 0 heterocycles. The fourth-order valence-electron chi connectivity index (χ4n) is 6.51. The maximum absolute atomic E-state index is 9.98. The van der Waals surface area contributed by atoms with E-state index in [0.29, 0.717) is 5.41 Å². The Morgan fingerprint density at radius 2 is 1.92 bits per heavy atom. The van der Waals surface area contributed by atoms with Gasteiger partial charge in [-0.05, 0) is 86.4 Å². The normalized spacial score (nSPS) is 48.5. The second-order valence-corrected chi connectivity index (χ2v) is 10.0. The van der Waals surface area contributed by atoms with E-state index in [-0.39, 0.29) is 6.10 Å². The highest BCUT2D eigenvalue weighted by molar-refractivity contribution is 5.26. The van der Waals surface area contributed by atoms with Crippen molar-refractivity contribution in [1.29, 1.82) is 0 Å². The number of fused-ring (bicyclic) bond motifs is 2. The van der Waals surface area contributed by atoms with E-state index in [2.05, 4.69) is 19.9 Å². The third-order valence-corrected chi connectivity index (χ3v) is 8.16. The second-order valence-electron chi connectivity index (χ2n) is 10.0. The van der Waals surface area contributed by atoms with E-state index in [1.807, 2.05) is 5.57 Å². The van der Waals surface area contributed by atoms with E-state index in [9.17, 15) is 5.11 Å². The molecule has 6 unspecified atom stereocenters. The molecule has 4 fully saturated rings. The lowest BCUT2D eigenvalue weighted by Gasteiger charge is -2.48. The van der Waals surface area contributed by atoms with Gasteiger partial charge in [0.05, 0.1) is 6.10 Å². The Bertz CT molecular complexity index is 490. The molecular formula is C23H38O. The molecule has 1 N–H and O–H groups in total. The van der Waals surface area contributed by atoms with Crippen molar-refractivity contribution in [3.8, 4) is 0 Å². The molecule has 24 heavy (non-hydrogen) atoms. The van der Waals surface area contributed by atoms with Crippen LogP contribution in [0, 0.1) is 28.6 Å². The number of aliphatic hydroxyl groups excluding tert-OH is 1. The predicted molar refractivity (Wildman–Crippen MR) is 101 cm³/mol. The summed E-state index contributed by atoms with van der Waals surface area (Å²) < 4.78 is 0. The van der Waals surface area contributed by atoms with Crippen LogP contribution in [0.2, 0.25) is 0 Å². The van der Waals surface area contributed by atoms with Gasteiger partial charge >= 0.3 is 0 Å². The van der Waals surface area contributed by atoms with Crippen molar-refractivity contribution in [2.75, 3.05) is 0 Å². The van der Waals surface area contributed by atoms with Crippen LogP contribution >= 0.6 is 0 Å². The van der Waals surface area contributed by atoms with Gasteiger partial charge in [-0.2, -0.15) is 0 Å². The van der Waals surface area contributed by atoms with E-state index >= 15 is 0 Å². The van der Waals surface area contributed by atoms with E-state index in [0.717, 1.165) is 36.0 Å². The Morgan fingerprint density at radius 3 is 2.58 bits per heavy atom. The average Bonchev–Trinajstić information content (AvgIpc) is 3.48. The summed E-state index contributed by atoms with van der Waals surface area (Å²) >= 11 is 0. The van der Waals surface area contributed by atoms with Crippen molar-refractivity contribution >= 4 is 0 Å². The topological polar surface area (TPSA) is 20.2 Å². The van der Waals surface area contributed by atoms with Gasteiger partial charge < -0.3 is 5.11 Å². The molecule has 0 spiro atoms. The molecule has 4 saturated carbocycles. The van der Waals surface area contributed by atoms with Gasteiger partial charge in [0.15, 0.2) is 0 Å². The fraction of sp³-hybridized carbons (Fsp3) is 0.913. The summed E-state index contributed by atoms with van der Waals surface area (Å²) in [6, 6.07) is 0. The Morgan fingerprint density at radius 1 is 1.12 bits per heavy atom. The zero-order valence-electron chi connectivity index (χ0n) is 16.0. The minimum Gasteiger partial charge on any atom is -0.393 e. The second kappa shape index (κ2) is 6.45. The van der Waals surface area contributed by atoms with Crippen LogP contribution in [-0.4, -0.2) is 11.2 Å². The van der Waals surface area contributed by atoms with Crippen LogP contribution in [0.5, 0.6) is 0 Å². The zero-order valence-corrected chi connectivity index (χ0v) is 16.0. The summed E-state index contributed by atoms with van der Waals surface area (Å²) in [4.78, 5) is 0. The maximum atomic E-state index is 9.98. The van der Waals surface area contributed by atoms with Crippen molar-refractivity contribution in [3.05, 3.63) is 11.6 Å². The quantitative estimate of drug-likeness (QED) is 0.605. The van der Waals surface area contributed by atoms with Gasteiger partial charge in [-0.3, -0.25) is 0 Å². The molecule has 136 valence electrons. The van der Waals surface area contributed by atoms with Crippen LogP contribution in [-0.2, 0) is 0 Å². The van der Waals surface area contributed by atoms with Crippen LogP contribution in [0.15, 0.2) is 11.6 Å². The van der Waals surface area contributed by atoms with E-state index < -0.39 is 0 Å². The minimum absolute atomic E-state index is 0.0243. The monoisotopic (exact) mass is 330 g/mol. The summed E-state index contributed by atoms with van der Waals surface area (Å²) in [5.74, 6) is 2.73. The Labute approximate surface area is 149 Å². The van der Waals surface area contributed by atoms with Gasteiger partial charge in [0.25, 0.3) is 0 Å². The molecule has 0 aromatic rings. The molecule has 0 aromatic heterocycles. The Kier molecular flexibility index (Phi) is 4.61. The van der Waals surface area contributed by atoms with Gasteiger partial charge in [-0.15, -0.1) is 0 Å². The summed E-state index contributed by atoms with van der Waals surface area (Å²) in [6.07, 6.45) is 20.3. The number of rotatable bonds is 3. The number of aliphatic hydroxyl groups is 1. The van der Waals surface area contributed by atoms with Crippen LogP contribution in [0.25, 0.3) is 0 Å². The lowest BCUT2D eigenvalue weighted by molar-refractivity contribution is 0.0122. The lowest BCUT2D eigenvalue weighted by Crippen LogP contribution is -2.39. The molecule has 0 aliphatic heterocycles. The molecule has 0 saturated heterocycles. The third-order valence-electron chi connectivity index (χ3n) is 8.16. The molecule has 6 atom stereocenters. The summed E-state index contributed by atoms with van der Waals surface area (Å²) in [5, 5.41) is 9.98. The molecule has 0 aromatic carbocycles. The van der Waals surface area contributed by atoms with Crippen molar-refractivity contribution < 1.29 is 5.11 Å². The van der Waals surface area contributed by atoms with E-state index in [1.54, 1.807) is 0 Å². The zero-order chi connectivity index (χ0) is 16.8.